The molecule has 1 aliphatic rings. The zero-order valence-corrected chi connectivity index (χ0v) is 16.0. The first-order chi connectivity index (χ1) is 12.5. The second kappa shape index (κ2) is 9.31. The van der Waals surface area contributed by atoms with Crippen molar-refractivity contribution in [2.75, 3.05) is 46.0 Å². The number of amides is 2. The maximum atomic E-state index is 12.9. The molecule has 0 unspecified atom stereocenters. The number of carbonyl (C=O) groups is 2. The van der Waals surface area contributed by atoms with Crippen LogP contribution in [-0.2, 0) is 4.79 Å². The zero-order chi connectivity index (χ0) is 19.1. The van der Waals surface area contributed by atoms with E-state index >= 15 is 0 Å². The normalized spacial score (nSPS) is 14.2. The Kier molecular flexibility index (Phi) is 7.12. The van der Waals surface area contributed by atoms with Gasteiger partial charge in [0.2, 0.25) is 11.7 Å². The molecule has 0 atom stereocenters. The highest BCUT2D eigenvalue weighted by Crippen LogP contribution is 2.39. The maximum Gasteiger partial charge on any atom is 0.254 e. The SMILES string of the molecule is CCOc1cc(C(=O)N2CCN(C(C)=O)CC2)cc(OCC)c1OCC. The molecule has 144 valence electrons. The average molecular weight is 364 g/mol. The smallest absolute Gasteiger partial charge is 0.254 e. The molecule has 1 saturated heterocycles. The minimum Gasteiger partial charge on any atom is -0.490 e. The molecule has 7 heteroatoms. The van der Waals surface area contributed by atoms with Crippen molar-refractivity contribution in [3.63, 3.8) is 0 Å². The van der Waals surface area contributed by atoms with Crippen LogP contribution in [0.1, 0.15) is 38.1 Å². The number of rotatable bonds is 7. The van der Waals surface area contributed by atoms with E-state index in [-0.39, 0.29) is 11.8 Å². The quantitative estimate of drug-likeness (QED) is 0.742. The van der Waals surface area contributed by atoms with Crippen molar-refractivity contribution in [3.05, 3.63) is 17.7 Å². The van der Waals surface area contributed by atoms with E-state index in [0.717, 1.165) is 0 Å². The Labute approximate surface area is 154 Å². The number of hydrogen-bond donors (Lipinski definition) is 0. The van der Waals surface area contributed by atoms with Crippen LogP contribution in [0.15, 0.2) is 12.1 Å². The van der Waals surface area contributed by atoms with Crippen LogP contribution >= 0.6 is 0 Å². The third-order valence-corrected chi connectivity index (χ3v) is 4.17. The van der Waals surface area contributed by atoms with Crippen molar-refractivity contribution >= 4 is 11.8 Å². The van der Waals surface area contributed by atoms with Gasteiger partial charge in [-0.05, 0) is 32.9 Å². The highest BCUT2D eigenvalue weighted by atomic mass is 16.5. The van der Waals surface area contributed by atoms with Crippen molar-refractivity contribution in [3.8, 4) is 17.2 Å². The molecule has 1 aliphatic heterocycles. The molecule has 26 heavy (non-hydrogen) atoms. The fourth-order valence-corrected chi connectivity index (χ4v) is 2.92. The second-order valence-electron chi connectivity index (χ2n) is 5.90. The summed E-state index contributed by atoms with van der Waals surface area (Å²) in [4.78, 5) is 27.9. The van der Waals surface area contributed by atoms with Gasteiger partial charge in [0.05, 0.1) is 19.8 Å². The summed E-state index contributed by atoms with van der Waals surface area (Å²) in [6, 6.07) is 3.41. The molecule has 1 heterocycles. The molecule has 1 aromatic rings. The number of nitrogens with zero attached hydrogens (tertiary/aromatic N) is 2. The molecule has 2 amide bonds. The Morgan fingerprint density at radius 3 is 1.73 bits per heavy atom. The Balaban J connectivity index is 2.27. The summed E-state index contributed by atoms with van der Waals surface area (Å²) < 4.78 is 17.0. The molecule has 0 bridgehead atoms. The lowest BCUT2D eigenvalue weighted by molar-refractivity contribution is -0.130. The van der Waals surface area contributed by atoms with E-state index in [4.69, 9.17) is 14.2 Å². The molecule has 0 aliphatic carbocycles. The summed E-state index contributed by atoms with van der Waals surface area (Å²) in [5, 5.41) is 0. The van der Waals surface area contributed by atoms with Gasteiger partial charge in [0.1, 0.15) is 0 Å². The Morgan fingerprint density at radius 1 is 0.846 bits per heavy atom. The number of carbonyl (C=O) groups excluding carboxylic acids is 2. The Bertz CT molecular complexity index is 612. The highest BCUT2D eigenvalue weighted by Gasteiger charge is 2.25. The molecule has 7 nitrogen and oxygen atoms in total. The molecule has 0 radical (unpaired) electrons. The van der Waals surface area contributed by atoms with Gasteiger partial charge >= 0.3 is 0 Å². The van der Waals surface area contributed by atoms with E-state index in [0.29, 0.717) is 68.8 Å². The van der Waals surface area contributed by atoms with Gasteiger partial charge in [0.25, 0.3) is 5.91 Å². The molecule has 0 N–H and O–H groups in total. The number of ether oxygens (including phenoxy) is 3. The minimum atomic E-state index is -0.0989. The van der Waals surface area contributed by atoms with Crippen LogP contribution in [0.25, 0.3) is 0 Å². The largest absolute Gasteiger partial charge is 0.490 e. The van der Waals surface area contributed by atoms with Gasteiger partial charge in [-0.3, -0.25) is 9.59 Å². The van der Waals surface area contributed by atoms with Gasteiger partial charge in [-0.2, -0.15) is 0 Å². The van der Waals surface area contributed by atoms with Gasteiger partial charge in [0.15, 0.2) is 11.5 Å². The summed E-state index contributed by atoms with van der Waals surface area (Å²) in [5.41, 5.74) is 0.497. The van der Waals surface area contributed by atoms with Gasteiger partial charge in [-0.1, -0.05) is 0 Å². The lowest BCUT2D eigenvalue weighted by atomic mass is 10.1. The van der Waals surface area contributed by atoms with Gasteiger partial charge in [-0.15, -0.1) is 0 Å². The average Bonchev–Trinajstić information content (AvgIpc) is 2.64. The van der Waals surface area contributed by atoms with Crippen molar-refractivity contribution in [2.24, 2.45) is 0 Å². The van der Waals surface area contributed by atoms with Crippen LogP contribution in [0.4, 0.5) is 0 Å². The van der Waals surface area contributed by atoms with Gasteiger partial charge in [0, 0.05) is 38.7 Å². The van der Waals surface area contributed by atoms with E-state index < -0.39 is 0 Å². The van der Waals surface area contributed by atoms with Crippen LogP contribution in [0, 0.1) is 0 Å². The molecule has 1 aromatic carbocycles. The lowest BCUT2D eigenvalue weighted by Gasteiger charge is -2.34. The molecule has 1 fully saturated rings. The third-order valence-electron chi connectivity index (χ3n) is 4.17. The summed E-state index contributed by atoms with van der Waals surface area (Å²) in [5.74, 6) is 1.47. The summed E-state index contributed by atoms with van der Waals surface area (Å²) in [6.07, 6.45) is 0. The summed E-state index contributed by atoms with van der Waals surface area (Å²) in [7, 11) is 0. The highest BCUT2D eigenvalue weighted by molar-refractivity contribution is 5.96. The number of hydrogen-bond acceptors (Lipinski definition) is 5. The maximum absolute atomic E-state index is 12.9. The number of benzene rings is 1. The first-order valence-corrected chi connectivity index (χ1v) is 9.12. The fraction of sp³-hybridized carbons (Fsp3) is 0.579. The molecule has 0 spiro atoms. The molecule has 0 saturated carbocycles. The van der Waals surface area contributed by atoms with Gasteiger partial charge in [-0.25, -0.2) is 0 Å². The van der Waals surface area contributed by atoms with Crippen molar-refractivity contribution in [1.82, 2.24) is 9.80 Å². The fourth-order valence-electron chi connectivity index (χ4n) is 2.92. The minimum absolute atomic E-state index is 0.0374. The summed E-state index contributed by atoms with van der Waals surface area (Å²) >= 11 is 0. The molecular weight excluding hydrogens is 336 g/mol. The van der Waals surface area contributed by atoms with Crippen LogP contribution in [0.2, 0.25) is 0 Å². The van der Waals surface area contributed by atoms with Crippen molar-refractivity contribution < 1.29 is 23.8 Å². The van der Waals surface area contributed by atoms with E-state index in [1.54, 1.807) is 28.9 Å². The van der Waals surface area contributed by atoms with E-state index in [1.165, 1.54) is 0 Å². The van der Waals surface area contributed by atoms with E-state index in [1.807, 2.05) is 20.8 Å². The van der Waals surface area contributed by atoms with Crippen molar-refractivity contribution in [2.45, 2.75) is 27.7 Å². The first kappa shape index (κ1) is 19.9. The predicted octanol–water partition coefficient (Wildman–Crippen LogP) is 2.19. The standard InChI is InChI=1S/C19H28N2O5/c1-5-24-16-12-15(13-17(25-6-2)18(16)26-7-3)19(23)21-10-8-20(9-11-21)14(4)22/h12-13H,5-11H2,1-4H3. The molecule has 0 aromatic heterocycles. The Morgan fingerprint density at radius 2 is 1.31 bits per heavy atom. The van der Waals surface area contributed by atoms with Crippen molar-refractivity contribution in [1.29, 1.82) is 0 Å². The monoisotopic (exact) mass is 364 g/mol. The van der Waals surface area contributed by atoms with Gasteiger partial charge < -0.3 is 24.0 Å². The van der Waals surface area contributed by atoms with E-state index in [2.05, 4.69) is 0 Å². The van der Waals surface area contributed by atoms with Crippen LogP contribution in [-0.4, -0.2) is 67.6 Å². The molecular formula is C19H28N2O5. The topological polar surface area (TPSA) is 68.3 Å². The zero-order valence-electron chi connectivity index (χ0n) is 16.0. The first-order valence-electron chi connectivity index (χ1n) is 9.12. The van der Waals surface area contributed by atoms with Crippen LogP contribution in [0.5, 0.6) is 17.2 Å². The summed E-state index contributed by atoms with van der Waals surface area (Å²) in [6.45, 7) is 10.7. The van der Waals surface area contributed by atoms with Crippen LogP contribution < -0.4 is 14.2 Å². The Hall–Kier alpha value is -2.44. The third kappa shape index (κ3) is 4.59. The van der Waals surface area contributed by atoms with E-state index in [9.17, 15) is 9.59 Å². The molecule has 2 rings (SSSR count). The lowest BCUT2D eigenvalue weighted by Crippen LogP contribution is -2.50. The predicted molar refractivity (Wildman–Crippen MR) is 98.1 cm³/mol. The number of piperazine rings is 1. The second-order valence-corrected chi connectivity index (χ2v) is 5.90. The van der Waals surface area contributed by atoms with Crippen LogP contribution in [0.3, 0.4) is 0 Å².